The molecule has 232 valence electrons. The van der Waals surface area contributed by atoms with Crippen molar-refractivity contribution in [1.29, 1.82) is 0 Å². The number of hydrogen-bond donors (Lipinski definition) is 2. The Bertz CT molecular complexity index is 1150. The lowest BCUT2D eigenvalue weighted by Gasteiger charge is -2.26. The lowest BCUT2D eigenvalue weighted by atomic mass is 9.85. The van der Waals surface area contributed by atoms with E-state index in [1.165, 1.54) is 0 Å². The summed E-state index contributed by atoms with van der Waals surface area (Å²) in [7, 11) is 0. The number of hydrogen-bond acceptors (Lipinski definition) is 6. The van der Waals surface area contributed by atoms with Crippen molar-refractivity contribution in [3.63, 3.8) is 0 Å². The lowest BCUT2D eigenvalue weighted by molar-refractivity contribution is 0.270. The molecule has 6 nitrogen and oxygen atoms in total. The van der Waals surface area contributed by atoms with Gasteiger partial charge in [0.05, 0.1) is 25.3 Å². The SMILES string of the molecule is CC(C)COc1cc(C=NC2CCCCC2N=Cc2cc(OCC(C)C)cc(C(C)(C)C)c2O)c(O)c(C(C)(C)C)c1. The predicted molar refractivity (Wildman–Crippen MR) is 176 cm³/mol. The molecule has 0 bridgehead atoms. The highest BCUT2D eigenvalue weighted by atomic mass is 16.5. The van der Waals surface area contributed by atoms with E-state index in [1.54, 1.807) is 12.4 Å². The van der Waals surface area contributed by atoms with Crippen LogP contribution in [-0.4, -0.2) is 47.9 Å². The molecule has 1 fully saturated rings. The minimum absolute atomic E-state index is 0.0164. The predicted octanol–water partition coefficient (Wildman–Crippen LogP) is 8.61. The molecule has 1 aliphatic rings. The van der Waals surface area contributed by atoms with Crippen molar-refractivity contribution in [3.8, 4) is 23.0 Å². The van der Waals surface area contributed by atoms with Gasteiger partial charge in [-0.2, -0.15) is 0 Å². The molecule has 2 aromatic carbocycles. The highest BCUT2D eigenvalue weighted by Crippen LogP contribution is 2.38. The minimum Gasteiger partial charge on any atom is -0.507 e. The van der Waals surface area contributed by atoms with Gasteiger partial charge in [-0.1, -0.05) is 82.1 Å². The van der Waals surface area contributed by atoms with Crippen LogP contribution in [0.2, 0.25) is 0 Å². The molecule has 1 aliphatic carbocycles. The second-order valence-electron chi connectivity index (χ2n) is 14.7. The van der Waals surface area contributed by atoms with E-state index >= 15 is 0 Å². The van der Waals surface area contributed by atoms with Gasteiger partial charge in [-0.05, 0) is 59.8 Å². The third-order valence-electron chi connectivity index (χ3n) is 7.51. The zero-order chi connectivity index (χ0) is 31.2. The van der Waals surface area contributed by atoms with Crippen LogP contribution in [0, 0.1) is 11.8 Å². The maximum Gasteiger partial charge on any atom is 0.128 e. The normalized spacial score (nSPS) is 18.5. The van der Waals surface area contributed by atoms with E-state index in [1.807, 2.05) is 24.3 Å². The summed E-state index contributed by atoms with van der Waals surface area (Å²) in [5.74, 6) is 2.78. The number of rotatable bonds is 10. The van der Waals surface area contributed by atoms with Crippen molar-refractivity contribution < 1.29 is 19.7 Å². The van der Waals surface area contributed by atoms with E-state index in [0.717, 1.165) is 48.3 Å². The van der Waals surface area contributed by atoms with E-state index in [0.29, 0.717) is 36.2 Å². The summed E-state index contributed by atoms with van der Waals surface area (Å²) in [4.78, 5) is 9.94. The molecule has 0 radical (unpaired) electrons. The fourth-order valence-electron chi connectivity index (χ4n) is 5.08. The van der Waals surface area contributed by atoms with Crippen molar-refractivity contribution in [3.05, 3.63) is 46.5 Å². The Balaban J connectivity index is 1.92. The summed E-state index contributed by atoms with van der Waals surface area (Å²) in [6.07, 6.45) is 7.60. The van der Waals surface area contributed by atoms with Gasteiger partial charge in [-0.3, -0.25) is 9.98 Å². The summed E-state index contributed by atoms with van der Waals surface area (Å²) in [5.41, 5.74) is 2.52. The number of ether oxygens (including phenoxy) is 2. The summed E-state index contributed by atoms with van der Waals surface area (Å²) in [6.45, 7) is 22.2. The van der Waals surface area contributed by atoms with Crippen molar-refractivity contribution in [2.45, 2.75) is 118 Å². The maximum absolute atomic E-state index is 11.2. The number of nitrogens with zero attached hydrogens (tertiary/aromatic N) is 2. The van der Waals surface area contributed by atoms with Gasteiger partial charge >= 0.3 is 0 Å². The van der Waals surface area contributed by atoms with Crippen LogP contribution in [0.3, 0.4) is 0 Å². The van der Waals surface area contributed by atoms with E-state index in [9.17, 15) is 10.2 Å². The zero-order valence-electron chi connectivity index (χ0n) is 27.6. The standard InChI is InChI=1S/C36H54N2O4/c1-23(2)21-41-27-15-25(33(39)29(17-27)35(5,6)7)19-37-31-13-11-12-14-32(31)38-20-26-16-28(42-22-24(3)4)18-30(34(26)40)36(8,9)10/h15-20,23-24,31-32,39-40H,11-14,21-22H2,1-10H3. The van der Waals surface area contributed by atoms with Gasteiger partial charge in [0.1, 0.15) is 23.0 Å². The molecule has 0 heterocycles. The molecule has 1 saturated carbocycles. The number of benzene rings is 2. The van der Waals surface area contributed by atoms with Crippen molar-refractivity contribution >= 4 is 12.4 Å². The molecule has 2 aromatic rings. The topological polar surface area (TPSA) is 83.6 Å². The van der Waals surface area contributed by atoms with Crippen molar-refractivity contribution in [2.24, 2.45) is 21.8 Å². The molecule has 3 rings (SSSR count). The van der Waals surface area contributed by atoms with Gasteiger partial charge in [0, 0.05) is 34.7 Å². The molecule has 2 unspecified atom stereocenters. The molecule has 0 saturated heterocycles. The van der Waals surface area contributed by atoms with E-state index < -0.39 is 0 Å². The van der Waals surface area contributed by atoms with Gasteiger partial charge in [0.15, 0.2) is 0 Å². The van der Waals surface area contributed by atoms with Crippen LogP contribution in [0.15, 0.2) is 34.3 Å². The second kappa shape index (κ2) is 14.0. The van der Waals surface area contributed by atoms with E-state index in [2.05, 4.69) is 69.2 Å². The Morgan fingerprint density at radius 1 is 0.690 bits per heavy atom. The van der Waals surface area contributed by atoms with Gasteiger partial charge in [0.25, 0.3) is 0 Å². The Kier molecular flexibility index (Phi) is 11.1. The van der Waals surface area contributed by atoms with Crippen LogP contribution < -0.4 is 9.47 Å². The highest BCUT2D eigenvalue weighted by molar-refractivity contribution is 5.86. The molecule has 2 atom stereocenters. The fourth-order valence-corrected chi connectivity index (χ4v) is 5.08. The quantitative estimate of drug-likeness (QED) is 0.277. The highest BCUT2D eigenvalue weighted by Gasteiger charge is 2.26. The smallest absolute Gasteiger partial charge is 0.128 e. The van der Waals surface area contributed by atoms with Crippen LogP contribution in [0.5, 0.6) is 23.0 Å². The third-order valence-corrected chi connectivity index (χ3v) is 7.51. The van der Waals surface area contributed by atoms with Crippen LogP contribution in [-0.2, 0) is 10.8 Å². The van der Waals surface area contributed by atoms with E-state index in [-0.39, 0.29) is 34.4 Å². The van der Waals surface area contributed by atoms with Crippen LogP contribution in [0.4, 0.5) is 0 Å². The zero-order valence-corrected chi connectivity index (χ0v) is 27.6. The summed E-state index contributed by atoms with van der Waals surface area (Å²) < 4.78 is 12.1. The molecule has 2 N–H and O–H groups in total. The first kappa shape index (κ1) is 33.5. The lowest BCUT2D eigenvalue weighted by Crippen LogP contribution is -2.27. The number of aliphatic imine (C=N–C) groups is 2. The van der Waals surface area contributed by atoms with Crippen LogP contribution in [0.25, 0.3) is 0 Å². The first-order valence-corrected chi connectivity index (χ1v) is 15.6. The minimum atomic E-state index is -0.247. The summed E-state index contributed by atoms with van der Waals surface area (Å²) >= 11 is 0. The third kappa shape index (κ3) is 9.24. The van der Waals surface area contributed by atoms with Crippen LogP contribution >= 0.6 is 0 Å². The molecular weight excluding hydrogens is 524 g/mol. The number of phenolic OH excluding ortho intramolecular Hbond substituents is 2. The summed E-state index contributed by atoms with van der Waals surface area (Å²) in [6, 6.07) is 7.62. The average molecular weight is 579 g/mol. The molecule has 42 heavy (non-hydrogen) atoms. The first-order valence-electron chi connectivity index (χ1n) is 15.6. The number of phenols is 2. The molecule has 0 spiro atoms. The fraction of sp³-hybridized carbons (Fsp3) is 0.611. The second-order valence-corrected chi connectivity index (χ2v) is 14.7. The first-order chi connectivity index (χ1) is 19.6. The average Bonchev–Trinajstić information content (AvgIpc) is 2.89. The largest absolute Gasteiger partial charge is 0.507 e. The Morgan fingerprint density at radius 2 is 1.05 bits per heavy atom. The molecule has 0 aliphatic heterocycles. The van der Waals surface area contributed by atoms with E-state index in [4.69, 9.17) is 19.5 Å². The van der Waals surface area contributed by atoms with Gasteiger partial charge in [-0.15, -0.1) is 0 Å². The molecule has 6 heteroatoms. The monoisotopic (exact) mass is 578 g/mol. The van der Waals surface area contributed by atoms with Crippen molar-refractivity contribution in [1.82, 2.24) is 0 Å². The van der Waals surface area contributed by atoms with Crippen molar-refractivity contribution in [2.75, 3.05) is 13.2 Å². The molecule has 0 amide bonds. The van der Waals surface area contributed by atoms with Crippen LogP contribution in [0.1, 0.15) is 117 Å². The van der Waals surface area contributed by atoms with Gasteiger partial charge in [-0.25, -0.2) is 0 Å². The molecule has 0 aromatic heterocycles. The van der Waals surface area contributed by atoms with Gasteiger partial charge in [0.2, 0.25) is 0 Å². The number of aromatic hydroxyl groups is 2. The summed E-state index contributed by atoms with van der Waals surface area (Å²) in [5, 5.41) is 22.4. The Labute approximate surface area is 254 Å². The Morgan fingerprint density at radius 3 is 1.36 bits per heavy atom. The Hall–Kier alpha value is -3.02. The maximum atomic E-state index is 11.2. The molecular formula is C36H54N2O4. The van der Waals surface area contributed by atoms with Gasteiger partial charge < -0.3 is 19.7 Å².